The molecular formula is C20H21N5OS2. The number of thioether (sulfide) groups is 1. The van der Waals surface area contributed by atoms with Crippen molar-refractivity contribution in [2.24, 2.45) is 0 Å². The molecule has 28 heavy (non-hydrogen) atoms. The maximum Gasteiger partial charge on any atom is 0.236 e. The summed E-state index contributed by atoms with van der Waals surface area (Å²) in [6.45, 7) is 10.2. The SMILES string of the molecule is Cc1nc(NC(=O)CSc2nnc3c(C)cc4c(C)ccc(C)c4n23)sc1C. The Morgan fingerprint density at radius 3 is 2.57 bits per heavy atom. The number of pyridine rings is 1. The van der Waals surface area contributed by atoms with Gasteiger partial charge in [-0.2, -0.15) is 0 Å². The number of carbonyl (C=O) groups is 1. The Bertz CT molecular complexity index is 1210. The lowest BCUT2D eigenvalue weighted by atomic mass is 10.0. The van der Waals surface area contributed by atoms with Gasteiger partial charge in [-0.1, -0.05) is 23.9 Å². The van der Waals surface area contributed by atoms with Crippen LogP contribution in [0.5, 0.6) is 0 Å². The fourth-order valence-electron chi connectivity index (χ4n) is 3.21. The number of rotatable bonds is 4. The fraction of sp³-hybridized carbons (Fsp3) is 0.300. The third-order valence-corrected chi connectivity index (χ3v) is 6.73. The van der Waals surface area contributed by atoms with Gasteiger partial charge in [-0.15, -0.1) is 21.5 Å². The van der Waals surface area contributed by atoms with E-state index in [0.29, 0.717) is 5.13 Å². The minimum Gasteiger partial charge on any atom is -0.301 e. The summed E-state index contributed by atoms with van der Waals surface area (Å²) in [6.07, 6.45) is 0. The molecule has 3 aromatic heterocycles. The Kier molecular flexibility index (Phi) is 4.84. The summed E-state index contributed by atoms with van der Waals surface area (Å²) in [7, 11) is 0. The second kappa shape index (κ2) is 7.18. The minimum atomic E-state index is -0.0969. The van der Waals surface area contributed by atoms with Crippen molar-refractivity contribution in [3.63, 3.8) is 0 Å². The molecule has 1 N–H and O–H groups in total. The van der Waals surface area contributed by atoms with Gasteiger partial charge >= 0.3 is 0 Å². The number of nitrogens with zero attached hydrogens (tertiary/aromatic N) is 4. The highest BCUT2D eigenvalue weighted by molar-refractivity contribution is 7.99. The number of anilines is 1. The van der Waals surface area contributed by atoms with Crippen LogP contribution in [0.1, 0.15) is 27.3 Å². The maximum absolute atomic E-state index is 12.4. The van der Waals surface area contributed by atoms with Crippen LogP contribution in [0.25, 0.3) is 16.6 Å². The highest BCUT2D eigenvalue weighted by atomic mass is 32.2. The number of hydrogen-bond acceptors (Lipinski definition) is 6. The van der Waals surface area contributed by atoms with Gasteiger partial charge in [-0.25, -0.2) is 4.98 Å². The molecule has 0 fully saturated rings. The number of nitrogens with one attached hydrogen (secondary N) is 1. The van der Waals surface area contributed by atoms with E-state index in [1.54, 1.807) is 0 Å². The van der Waals surface area contributed by atoms with Crippen LogP contribution in [0.2, 0.25) is 0 Å². The average molecular weight is 412 g/mol. The molecule has 1 amide bonds. The van der Waals surface area contributed by atoms with E-state index in [1.807, 2.05) is 20.8 Å². The highest BCUT2D eigenvalue weighted by Gasteiger charge is 2.16. The Labute approximate surface area is 171 Å². The van der Waals surface area contributed by atoms with E-state index in [0.717, 1.165) is 38.0 Å². The maximum atomic E-state index is 12.4. The van der Waals surface area contributed by atoms with Gasteiger partial charge in [0.15, 0.2) is 15.9 Å². The molecule has 0 saturated carbocycles. The van der Waals surface area contributed by atoms with E-state index >= 15 is 0 Å². The summed E-state index contributed by atoms with van der Waals surface area (Å²) in [5.74, 6) is 0.152. The number of benzene rings is 1. The Hall–Kier alpha value is -2.45. The van der Waals surface area contributed by atoms with E-state index < -0.39 is 0 Å². The van der Waals surface area contributed by atoms with E-state index in [4.69, 9.17) is 0 Å². The minimum absolute atomic E-state index is 0.0969. The number of aromatic nitrogens is 4. The number of thiazole rings is 1. The smallest absolute Gasteiger partial charge is 0.236 e. The van der Waals surface area contributed by atoms with E-state index in [9.17, 15) is 4.79 Å². The second-order valence-corrected chi connectivity index (χ2v) is 9.07. The van der Waals surface area contributed by atoms with Crippen LogP contribution in [-0.4, -0.2) is 31.2 Å². The molecular weight excluding hydrogens is 390 g/mol. The monoisotopic (exact) mass is 411 g/mol. The lowest BCUT2D eigenvalue weighted by molar-refractivity contribution is -0.113. The van der Waals surface area contributed by atoms with Gasteiger partial charge in [0.2, 0.25) is 5.91 Å². The largest absolute Gasteiger partial charge is 0.301 e. The lowest BCUT2D eigenvalue weighted by Gasteiger charge is -2.11. The predicted octanol–water partition coefficient (Wildman–Crippen LogP) is 4.61. The quantitative estimate of drug-likeness (QED) is 0.497. The Balaban J connectivity index is 1.66. The number of carbonyl (C=O) groups excluding carboxylic acids is 1. The summed E-state index contributed by atoms with van der Waals surface area (Å²) in [5, 5.41) is 14.1. The van der Waals surface area contributed by atoms with Crippen LogP contribution in [0, 0.1) is 34.6 Å². The first kappa shape index (κ1) is 18.9. The summed E-state index contributed by atoms with van der Waals surface area (Å²) < 4.78 is 2.07. The molecule has 0 saturated heterocycles. The van der Waals surface area contributed by atoms with Crippen molar-refractivity contribution in [3.8, 4) is 0 Å². The second-order valence-electron chi connectivity index (χ2n) is 6.93. The summed E-state index contributed by atoms with van der Waals surface area (Å²) in [6, 6.07) is 6.41. The fourth-order valence-corrected chi connectivity index (χ4v) is 4.78. The molecule has 1 aromatic carbocycles. The molecule has 0 spiro atoms. The van der Waals surface area contributed by atoms with E-state index in [2.05, 4.69) is 56.9 Å². The standard InChI is InChI=1S/C20H21N5OS2/c1-10-6-7-11(2)17-15(10)8-12(3)18-23-24-20(25(17)18)27-9-16(26)22-19-21-13(4)14(5)28-19/h6-8H,9H2,1-5H3,(H,21,22,26). The molecule has 0 atom stereocenters. The molecule has 8 heteroatoms. The van der Waals surface area contributed by atoms with Crippen molar-refractivity contribution < 1.29 is 4.79 Å². The van der Waals surface area contributed by atoms with Crippen LogP contribution in [-0.2, 0) is 4.79 Å². The van der Waals surface area contributed by atoms with Gasteiger partial charge in [0.05, 0.1) is 17.0 Å². The molecule has 0 aliphatic heterocycles. The lowest BCUT2D eigenvalue weighted by Crippen LogP contribution is -2.14. The average Bonchev–Trinajstić information content (AvgIpc) is 3.20. The summed E-state index contributed by atoms with van der Waals surface area (Å²) >= 11 is 2.88. The Morgan fingerprint density at radius 1 is 1.11 bits per heavy atom. The molecule has 4 aromatic rings. The predicted molar refractivity (Wildman–Crippen MR) is 116 cm³/mol. The van der Waals surface area contributed by atoms with Gasteiger partial charge < -0.3 is 5.32 Å². The van der Waals surface area contributed by atoms with Crippen LogP contribution in [0.15, 0.2) is 23.4 Å². The van der Waals surface area contributed by atoms with Crippen molar-refractivity contribution in [1.29, 1.82) is 0 Å². The van der Waals surface area contributed by atoms with Gasteiger partial charge in [-0.05, 0) is 57.4 Å². The molecule has 6 nitrogen and oxygen atoms in total. The molecule has 144 valence electrons. The van der Waals surface area contributed by atoms with Crippen molar-refractivity contribution in [2.75, 3.05) is 11.1 Å². The zero-order chi connectivity index (χ0) is 20.0. The molecule has 0 bridgehead atoms. The van der Waals surface area contributed by atoms with Crippen molar-refractivity contribution >= 4 is 50.7 Å². The third-order valence-electron chi connectivity index (χ3n) is 4.81. The topological polar surface area (TPSA) is 72.2 Å². The molecule has 0 aliphatic rings. The zero-order valence-corrected chi connectivity index (χ0v) is 18.1. The van der Waals surface area contributed by atoms with Crippen molar-refractivity contribution in [1.82, 2.24) is 19.6 Å². The van der Waals surface area contributed by atoms with Crippen LogP contribution >= 0.6 is 23.1 Å². The number of amides is 1. The van der Waals surface area contributed by atoms with Gasteiger partial charge in [0.25, 0.3) is 0 Å². The molecule has 4 rings (SSSR count). The first-order chi connectivity index (χ1) is 13.3. The zero-order valence-electron chi connectivity index (χ0n) is 16.5. The van der Waals surface area contributed by atoms with Crippen LogP contribution < -0.4 is 5.32 Å². The van der Waals surface area contributed by atoms with E-state index in [1.165, 1.54) is 34.0 Å². The Morgan fingerprint density at radius 2 is 1.86 bits per heavy atom. The third kappa shape index (κ3) is 3.27. The van der Waals surface area contributed by atoms with Gasteiger partial charge in [0.1, 0.15) is 0 Å². The number of fused-ring (bicyclic) bond motifs is 3. The summed E-state index contributed by atoms with van der Waals surface area (Å²) in [5.41, 5.74) is 6.31. The number of hydrogen-bond donors (Lipinski definition) is 1. The first-order valence-corrected chi connectivity index (χ1v) is 10.8. The normalized spacial score (nSPS) is 11.5. The van der Waals surface area contributed by atoms with Crippen molar-refractivity contribution in [2.45, 2.75) is 39.8 Å². The molecule has 0 radical (unpaired) electrons. The van der Waals surface area contributed by atoms with Gasteiger partial charge in [0, 0.05) is 10.3 Å². The van der Waals surface area contributed by atoms with Gasteiger partial charge in [-0.3, -0.25) is 9.20 Å². The molecule has 0 aliphatic carbocycles. The number of aryl methyl sites for hydroxylation is 5. The molecule has 3 heterocycles. The van der Waals surface area contributed by atoms with Crippen LogP contribution in [0.4, 0.5) is 5.13 Å². The van der Waals surface area contributed by atoms with Crippen LogP contribution in [0.3, 0.4) is 0 Å². The molecule has 0 unspecified atom stereocenters. The van der Waals surface area contributed by atoms with E-state index in [-0.39, 0.29) is 11.7 Å². The highest BCUT2D eigenvalue weighted by Crippen LogP contribution is 2.29. The van der Waals surface area contributed by atoms with Crippen molar-refractivity contribution in [3.05, 3.63) is 45.5 Å². The first-order valence-electron chi connectivity index (χ1n) is 8.96. The summed E-state index contributed by atoms with van der Waals surface area (Å²) in [4.78, 5) is 17.9.